The quantitative estimate of drug-likeness (QED) is 0.661. The summed E-state index contributed by atoms with van der Waals surface area (Å²) >= 11 is 0. The molecule has 0 spiro atoms. The third-order valence-corrected chi connectivity index (χ3v) is 1.69. The molecule has 0 saturated carbocycles. The zero-order valence-corrected chi connectivity index (χ0v) is 7.39. The number of hydrogen-bond donors (Lipinski definition) is 1. The Balaban J connectivity index is 2.54. The van der Waals surface area contributed by atoms with E-state index in [9.17, 15) is 9.59 Å². The van der Waals surface area contributed by atoms with Crippen molar-refractivity contribution < 1.29 is 9.59 Å². The summed E-state index contributed by atoms with van der Waals surface area (Å²) in [6, 6.07) is 0.133. The molecule has 1 rings (SSSR count). The zero-order valence-electron chi connectivity index (χ0n) is 7.39. The minimum absolute atomic E-state index is 0.0592. The summed E-state index contributed by atoms with van der Waals surface area (Å²) in [5.74, 6) is -0.0419. The standard InChI is InChI=1S/C9H13NO2/c1-6(2)10-9(12)7-3-4-8(11)5-7/h5-6H,3-4H2,1-2H3,(H,10,12). The largest absolute Gasteiger partial charge is 0.350 e. The molecule has 0 fully saturated rings. The van der Waals surface area contributed by atoms with Crippen LogP contribution in [0.4, 0.5) is 0 Å². The normalized spacial score (nSPS) is 16.6. The minimum atomic E-state index is -0.101. The molecule has 0 aliphatic heterocycles. The van der Waals surface area contributed by atoms with Gasteiger partial charge in [0.25, 0.3) is 0 Å². The summed E-state index contributed by atoms with van der Waals surface area (Å²) in [5.41, 5.74) is 0.619. The number of allylic oxidation sites excluding steroid dienone is 1. The number of amides is 1. The minimum Gasteiger partial charge on any atom is -0.350 e. The van der Waals surface area contributed by atoms with Gasteiger partial charge in [0, 0.05) is 18.0 Å². The Hall–Kier alpha value is -1.12. The Morgan fingerprint density at radius 1 is 1.50 bits per heavy atom. The van der Waals surface area contributed by atoms with Crippen molar-refractivity contribution in [3.05, 3.63) is 11.6 Å². The van der Waals surface area contributed by atoms with E-state index in [1.54, 1.807) is 0 Å². The average molecular weight is 167 g/mol. The third kappa shape index (κ3) is 2.19. The number of hydrogen-bond acceptors (Lipinski definition) is 2. The monoisotopic (exact) mass is 167 g/mol. The van der Waals surface area contributed by atoms with Gasteiger partial charge in [0.15, 0.2) is 5.78 Å². The van der Waals surface area contributed by atoms with Gasteiger partial charge < -0.3 is 5.32 Å². The van der Waals surface area contributed by atoms with Gasteiger partial charge in [0.05, 0.1) is 0 Å². The summed E-state index contributed by atoms with van der Waals surface area (Å²) in [6.07, 6.45) is 2.52. The molecule has 3 heteroatoms. The van der Waals surface area contributed by atoms with E-state index in [0.717, 1.165) is 0 Å². The van der Waals surface area contributed by atoms with Crippen LogP contribution in [0.15, 0.2) is 11.6 Å². The van der Waals surface area contributed by atoms with Crippen LogP contribution in [0.1, 0.15) is 26.7 Å². The summed E-state index contributed by atoms with van der Waals surface area (Å²) in [5, 5.41) is 2.75. The molecule has 1 N–H and O–H groups in total. The number of ketones is 1. The van der Waals surface area contributed by atoms with E-state index < -0.39 is 0 Å². The van der Waals surface area contributed by atoms with E-state index in [0.29, 0.717) is 18.4 Å². The molecule has 0 aromatic rings. The molecular formula is C9H13NO2. The van der Waals surface area contributed by atoms with Crippen LogP contribution in [0.2, 0.25) is 0 Å². The molecule has 12 heavy (non-hydrogen) atoms. The molecule has 0 aromatic heterocycles. The number of rotatable bonds is 2. The highest BCUT2D eigenvalue weighted by atomic mass is 16.2. The predicted octanol–water partition coefficient (Wildman–Crippen LogP) is 0.800. The fourth-order valence-electron chi connectivity index (χ4n) is 1.13. The molecule has 0 heterocycles. The summed E-state index contributed by atoms with van der Waals surface area (Å²) in [4.78, 5) is 22.1. The van der Waals surface area contributed by atoms with Crippen LogP contribution >= 0.6 is 0 Å². The van der Waals surface area contributed by atoms with Gasteiger partial charge in [-0.15, -0.1) is 0 Å². The highest BCUT2D eigenvalue weighted by Gasteiger charge is 2.18. The Bertz CT molecular complexity index is 241. The Morgan fingerprint density at radius 2 is 2.17 bits per heavy atom. The van der Waals surface area contributed by atoms with Gasteiger partial charge in [-0.1, -0.05) is 0 Å². The van der Waals surface area contributed by atoms with E-state index in [1.807, 2.05) is 13.8 Å². The van der Waals surface area contributed by atoms with E-state index in [4.69, 9.17) is 0 Å². The lowest BCUT2D eigenvalue weighted by Crippen LogP contribution is -2.30. The SMILES string of the molecule is CC(C)NC(=O)C1=CC(=O)CC1. The molecule has 3 nitrogen and oxygen atoms in total. The first-order valence-electron chi connectivity index (χ1n) is 4.14. The predicted molar refractivity (Wildman–Crippen MR) is 45.6 cm³/mol. The number of carbonyl (C=O) groups is 2. The van der Waals surface area contributed by atoms with Crippen molar-refractivity contribution in [2.24, 2.45) is 0 Å². The van der Waals surface area contributed by atoms with Crippen molar-refractivity contribution in [1.82, 2.24) is 5.32 Å². The van der Waals surface area contributed by atoms with Crippen LogP contribution in [-0.4, -0.2) is 17.7 Å². The lowest BCUT2D eigenvalue weighted by atomic mass is 10.2. The van der Waals surface area contributed by atoms with Crippen molar-refractivity contribution in [2.45, 2.75) is 32.7 Å². The van der Waals surface area contributed by atoms with E-state index in [2.05, 4.69) is 5.32 Å². The fraction of sp³-hybridized carbons (Fsp3) is 0.556. The molecule has 1 amide bonds. The van der Waals surface area contributed by atoms with Crippen molar-refractivity contribution in [2.75, 3.05) is 0 Å². The van der Waals surface area contributed by atoms with Gasteiger partial charge in [0.2, 0.25) is 5.91 Å². The first-order valence-corrected chi connectivity index (χ1v) is 4.14. The molecule has 0 bridgehead atoms. The van der Waals surface area contributed by atoms with Crippen molar-refractivity contribution in [1.29, 1.82) is 0 Å². The number of carbonyl (C=O) groups excluding carboxylic acids is 2. The second kappa shape index (κ2) is 3.52. The zero-order chi connectivity index (χ0) is 9.14. The topological polar surface area (TPSA) is 46.2 Å². The second-order valence-electron chi connectivity index (χ2n) is 3.26. The molecule has 0 unspecified atom stereocenters. The van der Waals surface area contributed by atoms with Gasteiger partial charge in [-0.3, -0.25) is 9.59 Å². The molecule has 0 atom stereocenters. The van der Waals surface area contributed by atoms with Crippen LogP contribution in [0.25, 0.3) is 0 Å². The van der Waals surface area contributed by atoms with Crippen molar-refractivity contribution >= 4 is 11.7 Å². The van der Waals surface area contributed by atoms with Crippen LogP contribution < -0.4 is 5.32 Å². The molecule has 66 valence electrons. The maximum Gasteiger partial charge on any atom is 0.247 e. The van der Waals surface area contributed by atoms with Crippen molar-refractivity contribution in [3.63, 3.8) is 0 Å². The van der Waals surface area contributed by atoms with E-state index >= 15 is 0 Å². The molecule has 1 aliphatic rings. The van der Waals surface area contributed by atoms with Crippen molar-refractivity contribution in [3.8, 4) is 0 Å². The van der Waals surface area contributed by atoms with Gasteiger partial charge in [-0.2, -0.15) is 0 Å². The van der Waals surface area contributed by atoms with E-state index in [-0.39, 0.29) is 17.7 Å². The Labute approximate surface area is 71.8 Å². The highest BCUT2D eigenvalue weighted by molar-refractivity contribution is 6.05. The molecular weight excluding hydrogens is 154 g/mol. The fourth-order valence-corrected chi connectivity index (χ4v) is 1.13. The lowest BCUT2D eigenvalue weighted by Gasteiger charge is -2.07. The molecule has 0 radical (unpaired) electrons. The smallest absolute Gasteiger partial charge is 0.247 e. The first-order chi connectivity index (χ1) is 5.59. The first kappa shape index (κ1) is 8.97. The van der Waals surface area contributed by atoms with Gasteiger partial charge in [0.1, 0.15) is 0 Å². The Kier molecular flexibility index (Phi) is 2.63. The molecule has 0 saturated heterocycles. The second-order valence-corrected chi connectivity index (χ2v) is 3.26. The maximum absolute atomic E-state index is 11.3. The molecule has 1 aliphatic carbocycles. The highest BCUT2D eigenvalue weighted by Crippen LogP contribution is 2.14. The van der Waals surface area contributed by atoms with Crippen LogP contribution in [0.3, 0.4) is 0 Å². The van der Waals surface area contributed by atoms with Crippen LogP contribution in [-0.2, 0) is 9.59 Å². The molecule has 0 aromatic carbocycles. The summed E-state index contributed by atoms with van der Waals surface area (Å²) in [7, 11) is 0. The third-order valence-electron chi connectivity index (χ3n) is 1.69. The Morgan fingerprint density at radius 3 is 2.58 bits per heavy atom. The van der Waals surface area contributed by atoms with Crippen LogP contribution in [0, 0.1) is 0 Å². The van der Waals surface area contributed by atoms with Gasteiger partial charge in [-0.05, 0) is 26.3 Å². The summed E-state index contributed by atoms with van der Waals surface area (Å²) in [6.45, 7) is 3.80. The maximum atomic E-state index is 11.3. The lowest BCUT2D eigenvalue weighted by molar-refractivity contribution is -0.118. The number of nitrogens with one attached hydrogen (secondary N) is 1. The van der Waals surface area contributed by atoms with E-state index in [1.165, 1.54) is 6.08 Å². The van der Waals surface area contributed by atoms with Crippen LogP contribution in [0.5, 0.6) is 0 Å². The average Bonchev–Trinajstić information content (AvgIpc) is 2.34. The van der Waals surface area contributed by atoms with Gasteiger partial charge >= 0.3 is 0 Å². The summed E-state index contributed by atoms with van der Waals surface area (Å²) < 4.78 is 0. The van der Waals surface area contributed by atoms with Gasteiger partial charge in [-0.25, -0.2) is 0 Å².